The fourth-order valence-electron chi connectivity index (χ4n) is 4.98. The molecule has 0 saturated carbocycles. The van der Waals surface area contributed by atoms with Crippen LogP contribution < -0.4 is 0 Å². The molecule has 5 rings (SSSR count). The summed E-state index contributed by atoms with van der Waals surface area (Å²) in [6.07, 6.45) is 0. The maximum atomic E-state index is 11.3. The molecule has 0 atom stereocenters. The molecule has 170 valence electrons. The van der Waals surface area contributed by atoms with E-state index in [9.17, 15) is 10.2 Å². The summed E-state index contributed by atoms with van der Waals surface area (Å²) in [5.74, 6) is 0. The van der Waals surface area contributed by atoms with Crippen LogP contribution in [0, 0.1) is 0 Å². The molecule has 0 amide bonds. The lowest BCUT2D eigenvalue weighted by Crippen LogP contribution is -2.21. The van der Waals surface area contributed by atoms with Crippen LogP contribution in [0.4, 0.5) is 0 Å². The predicted molar refractivity (Wildman–Crippen MR) is 143 cm³/mol. The van der Waals surface area contributed by atoms with Crippen LogP contribution in [-0.4, -0.2) is 10.2 Å². The van der Waals surface area contributed by atoms with Gasteiger partial charge in [-0.15, -0.1) is 0 Å². The van der Waals surface area contributed by atoms with Gasteiger partial charge in [0.05, 0.1) is 11.2 Å². The van der Waals surface area contributed by atoms with E-state index in [2.05, 4.69) is 60.7 Å². The molecule has 0 radical (unpaired) electrons. The highest BCUT2D eigenvalue weighted by atomic mass is 16.3. The van der Waals surface area contributed by atoms with E-state index in [1.807, 2.05) is 64.1 Å². The second kappa shape index (κ2) is 8.09. The largest absolute Gasteiger partial charge is 0.386 e. The third kappa shape index (κ3) is 3.90. The summed E-state index contributed by atoms with van der Waals surface area (Å²) in [4.78, 5) is 0. The molecule has 0 bridgehead atoms. The van der Waals surface area contributed by atoms with E-state index < -0.39 is 11.2 Å². The molecule has 0 unspecified atom stereocenters. The summed E-state index contributed by atoms with van der Waals surface area (Å²) in [6.45, 7) is 7.31. The van der Waals surface area contributed by atoms with Crippen LogP contribution in [-0.2, 0) is 11.2 Å². The summed E-state index contributed by atoms with van der Waals surface area (Å²) >= 11 is 0. The van der Waals surface area contributed by atoms with Crippen LogP contribution in [0.3, 0.4) is 0 Å². The van der Waals surface area contributed by atoms with Crippen molar-refractivity contribution in [3.05, 3.63) is 108 Å². The molecule has 0 spiro atoms. The number of hydrogen-bond donors (Lipinski definition) is 2. The summed E-state index contributed by atoms with van der Waals surface area (Å²) in [5, 5.41) is 27.2. The molecular weight excluding hydrogens is 416 g/mol. The smallest absolute Gasteiger partial charge is 0.0846 e. The van der Waals surface area contributed by atoms with E-state index >= 15 is 0 Å². The van der Waals surface area contributed by atoms with Gasteiger partial charge in [-0.3, -0.25) is 0 Å². The van der Waals surface area contributed by atoms with Gasteiger partial charge in [0.2, 0.25) is 0 Å². The summed E-state index contributed by atoms with van der Waals surface area (Å²) in [6, 6.07) is 33.2. The lowest BCUT2D eigenvalue weighted by atomic mass is 9.79. The Morgan fingerprint density at radius 2 is 0.794 bits per heavy atom. The van der Waals surface area contributed by atoms with Crippen molar-refractivity contribution in [1.29, 1.82) is 0 Å². The average molecular weight is 447 g/mol. The fraction of sp³-hybridized carbons (Fsp3) is 0.188. The van der Waals surface area contributed by atoms with Gasteiger partial charge in [-0.25, -0.2) is 0 Å². The van der Waals surface area contributed by atoms with Crippen molar-refractivity contribution in [2.75, 3.05) is 0 Å². The Hall–Kier alpha value is -3.46. The van der Waals surface area contributed by atoms with E-state index in [-0.39, 0.29) is 0 Å². The van der Waals surface area contributed by atoms with Crippen LogP contribution >= 0.6 is 0 Å². The summed E-state index contributed by atoms with van der Waals surface area (Å²) in [7, 11) is 0. The van der Waals surface area contributed by atoms with Crippen molar-refractivity contribution in [2.24, 2.45) is 0 Å². The van der Waals surface area contributed by atoms with Gasteiger partial charge in [-0.2, -0.15) is 0 Å². The monoisotopic (exact) mass is 446 g/mol. The molecule has 0 fully saturated rings. The third-order valence-electron chi connectivity index (χ3n) is 6.64. The minimum absolute atomic E-state index is 0.833. The zero-order valence-electron chi connectivity index (χ0n) is 20.1. The van der Waals surface area contributed by atoms with Gasteiger partial charge in [0.25, 0.3) is 0 Å². The highest BCUT2D eigenvalue weighted by molar-refractivity contribution is 6.00. The van der Waals surface area contributed by atoms with E-state index in [0.29, 0.717) is 0 Å². The first-order valence-electron chi connectivity index (χ1n) is 11.7. The molecule has 5 aromatic rings. The quantitative estimate of drug-likeness (QED) is 0.296. The topological polar surface area (TPSA) is 40.5 Å². The Morgan fingerprint density at radius 1 is 0.441 bits per heavy atom. The van der Waals surface area contributed by atoms with Gasteiger partial charge in [0, 0.05) is 0 Å². The van der Waals surface area contributed by atoms with Crippen LogP contribution in [0.15, 0.2) is 97.1 Å². The Bertz CT molecular complexity index is 1390. The summed E-state index contributed by atoms with van der Waals surface area (Å²) in [5.41, 5.74) is 3.47. The first kappa shape index (κ1) is 22.3. The highest BCUT2D eigenvalue weighted by Gasteiger charge is 2.29. The molecule has 0 aromatic heterocycles. The molecule has 2 N–H and O–H groups in total. The molecule has 0 aliphatic heterocycles. The van der Waals surface area contributed by atoms with Crippen molar-refractivity contribution in [2.45, 2.75) is 38.9 Å². The standard InChI is InChI=1S/C32H30O2/c1-31(2,33)29-19-28(26-18-10-14-22-12-6-8-16-24(22)26)30(32(3,4)34)20-27(29)25-17-9-13-21-11-5-7-15-23(21)25/h5-20,33-34H,1-4H3. The minimum atomic E-state index is -1.08. The number of rotatable bonds is 4. The first-order valence-corrected chi connectivity index (χ1v) is 11.7. The number of hydrogen-bond acceptors (Lipinski definition) is 2. The zero-order chi connectivity index (χ0) is 24.1. The second-order valence-electron chi connectivity index (χ2n) is 10.1. The second-order valence-corrected chi connectivity index (χ2v) is 10.1. The van der Waals surface area contributed by atoms with Crippen molar-refractivity contribution in [3.63, 3.8) is 0 Å². The van der Waals surface area contributed by atoms with Gasteiger partial charge >= 0.3 is 0 Å². The van der Waals surface area contributed by atoms with Crippen molar-refractivity contribution in [1.82, 2.24) is 0 Å². The van der Waals surface area contributed by atoms with Crippen LogP contribution in [0.25, 0.3) is 43.8 Å². The van der Waals surface area contributed by atoms with Crippen molar-refractivity contribution >= 4 is 21.5 Å². The van der Waals surface area contributed by atoms with E-state index in [0.717, 1.165) is 54.9 Å². The number of aliphatic hydroxyl groups is 2. The van der Waals surface area contributed by atoms with Crippen LogP contribution in [0.5, 0.6) is 0 Å². The lowest BCUT2D eigenvalue weighted by molar-refractivity contribution is 0.0753. The Kier molecular flexibility index (Phi) is 5.31. The molecule has 34 heavy (non-hydrogen) atoms. The Balaban J connectivity index is 1.90. The van der Waals surface area contributed by atoms with Gasteiger partial charge in [-0.1, -0.05) is 84.9 Å². The number of benzene rings is 5. The minimum Gasteiger partial charge on any atom is -0.386 e. The lowest BCUT2D eigenvalue weighted by Gasteiger charge is -2.29. The van der Waals surface area contributed by atoms with Gasteiger partial charge in [0.15, 0.2) is 0 Å². The van der Waals surface area contributed by atoms with E-state index in [4.69, 9.17) is 0 Å². The SMILES string of the molecule is CC(C)(O)c1cc(-c2cccc3ccccc23)c(C(C)(C)O)cc1-c1cccc2ccccc12. The van der Waals surface area contributed by atoms with Crippen molar-refractivity contribution in [3.8, 4) is 22.3 Å². The number of fused-ring (bicyclic) bond motifs is 2. The zero-order valence-corrected chi connectivity index (χ0v) is 20.1. The molecule has 0 heterocycles. The molecule has 5 aromatic carbocycles. The van der Waals surface area contributed by atoms with Gasteiger partial charge < -0.3 is 10.2 Å². The molecule has 0 aliphatic rings. The molecule has 0 saturated heterocycles. The third-order valence-corrected chi connectivity index (χ3v) is 6.64. The van der Waals surface area contributed by atoms with Crippen LogP contribution in [0.1, 0.15) is 38.8 Å². The normalized spacial score (nSPS) is 12.4. The summed E-state index contributed by atoms with van der Waals surface area (Å²) < 4.78 is 0. The molecule has 2 heteroatoms. The maximum absolute atomic E-state index is 11.3. The van der Waals surface area contributed by atoms with Crippen molar-refractivity contribution < 1.29 is 10.2 Å². The average Bonchev–Trinajstić information content (AvgIpc) is 2.81. The predicted octanol–water partition coefficient (Wildman–Crippen LogP) is 7.78. The fourth-order valence-corrected chi connectivity index (χ4v) is 4.98. The van der Waals surface area contributed by atoms with Gasteiger partial charge in [-0.05, 0) is 94.8 Å². The van der Waals surface area contributed by atoms with Gasteiger partial charge in [0.1, 0.15) is 0 Å². The molecular formula is C32H30O2. The maximum Gasteiger partial charge on any atom is 0.0846 e. The molecule has 0 aliphatic carbocycles. The Morgan fingerprint density at radius 3 is 1.18 bits per heavy atom. The van der Waals surface area contributed by atoms with E-state index in [1.165, 1.54) is 0 Å². The Labute approximate surface area is 201 Å². The van der Waals surface area contributed by atoms with Crippen LogP contribution in [0.2, 0.25) is 0 Å². The highest BCUT2D eigenvalue weighted by Crippen LogP contribution is 2.44. The first-order chi connectivity index (χ1) is 16.1. The van der Waals surface area contributed by atoms with E-state index in [1.54, 1.807) is 0 Å². The molecule has 2 nitrogen and oxygen atoms in total.